The highest BCUT2D eigenvalue weighted by Crippen LogP contribution is 2.37. The van der Waals surface area contributed by atoms with Crippen molar-refractivity contribution in [2.75, 3.05) is 7.11 Å². The SMILES string of the molecule is COc1c(-c2cncs2)cccc1C(C)C. The summed E-state index contributed by atoms with van der Waals surface area (Å²) in [5, 5.41) is 0. The van der Waals surface area contributed by atoms with Crippen LogP contribution in [0.4, 0.5) is 0 Å². The largest absolute Gasteiger partial charge is 0.496 e. The predicted molar refractivity (Wildman–Crippen MR) is 68.2 cm³/mol. The molecule has 0 spiro atoms. The van der Waals surface area contributed by atoms with E-state index in [0.717, 1.165) is 16.2 Å². The van der Waals surface area contributed by atoms with E-state index in [1.165, 1.54) is 5.56 Å². The van der Waals surface area contributed by atoms with Gasteiger partial charge in [-0.25, -0.2) is 0 Å². The topological polar surface area (TPSA) is 22.1 Å². The Kier molecular flexibility index (Phi) is 3.25. The minimum Gasteiger partial charge on any atom is -0.496 e. The third-order valence-electron chi connectivity index (χ3n) is 2.57. The first kappa shape index (κ1) is 11.1. The summed E-state index contributed by atoms with van der Waals surface area (Å²) >= 11 is 1.63. The van der Waals surface area contributed by atoms with Gasteiger partial charge in [0, 0.05) is 11.8 Å². The minimum absolute atomic E-state index is 0.461. The van der Waals surface area contributed by atoms with Crippen LogP contribution in [0.2, 0.25) is 0 Å². The van der Waals surface area contributed by atoms with Crippen LogP contribution in [0, 0.1) is 0 Å². The molecule has 0 aliphatic rings. The van der Waals surface area contributed by atoms with Gasteiger partial charge < -0.3 is 4.74 Å². The highest BCUT2D eigenvalue weighted by molar-refractivity contribution is 7.13. The van der Waals surface area contributed by atoms with E-state index in [1.807, 2.05) is 11.7 Å². The normalized spacial score (nSPS) is 10.8. The number of benzene rings is 1. The zero-order valence-corrected chi connectivity index (χ0v) is 10.5. The first-order valence-corrected chi connectivity index (χ1v) is 6.17. The first-order chi connectivity index (χ1) is 7.74. The van der Waals surface area contributed by atoms with Crippen molar-refractivity contribution in [2.45, 2.75) is 19.8 Å². The van der Waals surface area contributed by atoms with Crippen molar-refractivity contribution in [3.63, 3.8) is 0 Å². The first-order valence-electron chi connectivity index (χ1n) is 5.29. The number of nitrogens with zero attached hydrogens (tertiary/aromatic N) is 1. The lowest BCUT2D eigenvalue weighted by Crippen LogP contribution is -1.95. The number of hydrogen-bond acceptors (Lipinski definition) is 3. The van der Waals surface area contributed by atoms with Gasteiger partial charge in [0.2, 0.25) is 0 Å². The number of aromatic nitrogens is 1. The summed E-state index contributed by atoms with van der Waals surface area (Å²) in [7, 11) is 1.73. The minimum atomic E-state index is 0.461. The molecule has 0 fully saturated rings. The van der Waals surface area contributed by atoms with Crippen LogP contribution in [0.25, 0.3) is 10.4 Å². The fraction of sp³-hybridized carbons (Fsp3) is 0.308. The van der Waals surface area contributed by atoms with E-state index in [-0.39, 0.29) is 0 Å². The van der Waals surface area contributed by atoms with Crippen LogP contribution in [0.5, 0.6) is 5.75 Å². The van der Waals surface area contributed by atoms with E-state index in [0.29, 0.717) is 5.92 Å². The van der Waals surface area contributed by atoms with Gasteiger partial charge >= 0.3 is 0 Å². The maximum Gasteiger partial charge on any atom is 0.131 e. The molecule has 16 heavy (non-hydrogen) atoms. The Hall–Kier alpha value is -1.35. The second-order valence-corrected chi connectivity index (χ2v) is 4.83. The maximum atomic E-state index is 5.54. The lowest BCUT2D eigenvalue weighted by molar-refractivity contribution is 0.409. The predicted octanol–water partition coefficient (Wildman–Crippen LogP) is 3.94. The molecule has 1 heterocycles. The summed E-state index contributed by atoms with van der Waals surface area (Å²) in [5.74, 6) is 1.43. The second kappa shape index (κ2) is 4.66. The van der Waals surface area contributed by atoms with Crippen molar-refractivity contribution < 1.29 is 4.74 Å². The molecule has 0 unspecified atom stereocenters. The Balaban J connectivity index is 2.58. The highest BCUT2D eigenvalue weighted by Gasteiger charge is 2.13. The lowest BCUT2D eigenvalue weighted by Gasteiger charge is -2.14. The molecule has 0 radical (unpaired) electrons. The summed E-state index contributed by atoms with van der Waals surface area (Å²) in [6, 6.07) is 6.28. The smallest absolute Gasteiger partial charge is 0.131 e. The molecule has 0 bridgehead atoms. The average molecular weight is 233 g/mol. The molecule has 2 nitrogen and oxygen atoms in total. The molecule has 2 aromatic rings. The zero-order chi connectivity index (χ0) is 11.5. The molecule has 0 amide bonds. The van der Waals surface area contributed by atoms with Gasteiger partial charge in [-0.3, -0.25) is 4.98 Å². The van der Waals surface area contributed by atoms with Crippen LogP contribution in [0.1, 0.15) is 25.3 Å². The number of ether oxygens (including phenoxy) is 1. The molecule has 3 heteroatoms. The molecular formula is C13H15NOS. The molecule has 0 aliphatic heterocycles. The molecule has 84 valence electrons. The number of rotatable bonds is 3. The van der Waals surface area contributed by atoms with Crippen molar-refractivity contribution in [3.8, 4) is 16.2 Å². The van der Waals surface area contributed by atoms with Crippen molar-refractivity contribution in [1.29, 1.82) is 0 Å². The number of hydrogen-bond donors (Lipinski definition) is 0. The second-order valence-electron chi connectivity index (χ2n) is 3.95. The van der Waals surface area contributed by atoms with E-state index in [2.05, 4.69) is 37.0 Å². The van der Waals surface area contributed by atoms with E-state index < -0.39 is 0 Å². The van der Waals surface area contributed by atoms with Crippen LogP contribution in [-0.2, 0) is 0 Å². The number of thiazole rings is 1. The van der Waals surface area contributed by atoms with Crippen LogP contribution in [0.15, 0.2) is 29.9 Å². The van der Waals surface area contributed by atoms with Gasteiger partial charge in [0.1, 0.15) is 5.75 Å². The monoisotopic (exact) mass is 233 g/mol. The van der Waals surface area contributed by atoms with Gasteiger partial charge in [-0.15, -0.1) is 11.3 Å². The quantitative estimate of drug-likeness (QED) is 0.801. The number of para-hydroxylation sites is 1. The standard InChI is InChI=1S/C13H15NOS/c1-9(2)10-5-4-6-11(13(10)15-3)12-7-14-8-16-12/h4-9H,1-3H3. The third kappa shape index (κ3) is 1.95. The van der Waals surface area contributed by atoms with Crippen LogP contribution in [0.3, 0.4) is 0 Å². The lowest BCUT2D eigenvalue weighted by atomic mass is 9.98. The maximum absolute atomic E-state index is 5.54. The van der Waals surface area contributed by atoms with E-state index >= 15 is 0 Å². The van der Waals surface area contributed by atoms with Crippen LogP contribution < -0.4 is 4.74 Å². The summed E-state index contributed by atoms with van der Waals surface area (Å²) in [6.45, 7) is 4.35. The highest BCUT2D eigenvalue weighted by atomic mass is 32.1. The zero-order valence-electron chi connectivity index (χ0n) is 9.73. The Morgan fingerprint density at radius 3 is 2.69 bits per heavy atom. The summed E-state index contributed by atoms with van der Waals surface area (Å²) in [4.78, 5) is 5.26. The molecule has 1 aromatic carbocycles. The summed E-state index contributed by atoms with van der Waals surface area (Å²) < 4.78 is 5.54. The van der Waals surface area contributed by atoms with Gasteiger partial charge in [-0.2, -0.15) is 0 Å². The van der Waals surface area contributed by atoms with Gasteiger partial charge in [-0.1, -0.05) is 26.0 Å². The Labute approximate surface area is 99.9 Å². The molecule has 0 saturated heterocycles. The Morgan fingerprint density at radius 2 is 2.12 bits per heavy atom. The molecule has 0 atom stereocenters. The molecule has 2 rings (SSSR count). The summed E-state index contributed by atoms with van der Waals surface area (Å²) in [6.07, 6.45) is 1.88. The Morgan fingerprint density at radius 1 is 1.31 bits per heavy atom. The van der Waals surface area contributed by atoms with Crippen LogP contribution in [-0.4, -0.2) is 12.1 Å². The van der Waals surface area contributed by atoms with Crippen molar-refractivity contribution in [2.24, 2.45) is 0 Å². The average Bonchev–Trinajstić information content (AvgIpc) is 2.81. The molecule has 0 saturated carbocycles. The van der Waals surface area contributed by atoms with Crippen molar-refractivity contribution >= 4 is 11.3 Å². The van der Waals surface area contributed by atoms with Gasteiger partial charge in [-0.05, 0) is 17.5 Å². The van der Waals surface area contributed by atoms with E-state index in [1.54, 1.807) is 18.4 Å². The Bertz CT molecular complexity index is 463. The van der Waals surface area contributed by atoms with Crippen molar-refractivity contribution in [1.82, 2.24) is 4.98 Å². The van der Waals surface area contributed by atoms with E-state index in [4.69, 9.17) is 4.74 Å². The third-order valence-corrected chi connectivity index (χ3v) is 3.38. The molecular weight excluding hydrogens is 218 g/mol. The summed E-state index contributed by atoms with van der Waals surface area (Å²) in [5.41, 5.74) is 4.22. The molecule has 0 N–H and O–H groups in total. The van der Waals surface area contributed by atoms with Gasteiger partial charge in [0.05, 0.1) is 17.5 Å². The van der Waals surface area contributed by atoms with Gasteiger partial charge in [0.25, 0.3) is 0 Å². The van der Waals surface area contributed by atoms with E-state index in [9.17, 15) is 0 Å². The van der Waals surface area contributed by atoms with Gasteiger partial charge in [0.15, 0.2) is 0 Å². The number of methoxy groups -OCH3 is 1. The van der Waals surface area contributed by atoms with Crippen LogP contribution >= 0.6 is 11.3 Å². The molecule has 0 aliphatic carbocycles. The molecule has 1 aromatic heterocycles. The van der Waals surface area contributed by atoms with Crippen molar-refractivity contribution in [3.05, 3.63) is 35.5 Å². The fourth-order valence-corrected chi connectivity index (χ4v) is 2.42. The fourth-order valence-electron chi connectivity index (χ4n) is 1.78.